The zero-order chi connectivity index (χ0) is 17.7. The van der Waals surface area contributed by atoms with E-state index in [0.29, 0.717) is 29.0 Å². The van der Waals surface area contributed by atoms with E-state index >= 15 is 0 Å². The van der Waals surface area contributed by atoms with Crippen LogP contribution in [0.1, 0.15) is 23.6 Å². The summed E-state index contributed by atoms with van der Waals surface area (Å²) in [6.45, 7) is 5.18. The van der Waals surface area contributed by atoms with Crippen LogP contribution in [0.3, 0.4) is 0 Å². The molecule has 0 amide bonds. The van der Waals surface area contributed by atoms with Gasteiger partial charge in [0.15, 0.2) is 0 Å². The molecule has 0 aliphatic carbocycles. The van der Waals surface area contributed by atoms with Crippen molar-refractivity contribution < 1.29 is 8.42 Å². The summed E-state index contributed by atoms with van der Waals surface area (Å²) < 4.78 is 28.5. The summed E-state index contributed by atoms with van der Waals surface area (Å²) in [7, 11) is -1.74. The third-order valence-corrected chi connectivity index (χ3v) is 7.09. The standard InChI is InChI=1S/C18H23BrN2O2S/c1-4-21(13-15-8-6-5-7-9-15)24(22,23)17-11-16(12-20-3)10-14(2)18(17)19/h5-11,20H,4,12-13H2,1-3H3. The molecule has 0 atom stereocenters. The van der Waals surface area contributed by atoms with Gasteiger partial charge in [-0.15, -0.1) is 0 Å². The molecule has 6 heteroatoms. The molecule has 0 radical (unpaired) electrons. The Hall–Kier alpha value is -1.21. The molecule has 0 fully saturated rings. The first-order valence-electron chi connectivity index (χ1n) is 7.87. The van der Waals surface area contributed by atoms with Crippen molar-refractivity contribution in [2.45, 2.75) is 31.8 Å². The number of halogens is 1. The lowest BCUT2D eigenvalue weighted by Gasteiger charge is -2.22. The summed E-state index contributed by atoms with van der Waals surface area (Å²) in [6, 6.07) is 13.4. The monoisotopic (exact) mass is 410 g/mol. The van der Waals surface area contributed by atoms with Gasteiger partial charge in [-0.05, 0) is 52.7 Å². The van der Waals surface area contributed by atoms with E-state index in [-0.39, 0.29) is 0 Å². The smallest absolute Gasteiger partial charge is 0.244 e. The van der Waals surface area contributed by atoms with Gasteiger partial charge in [-0.2, -0.15) is 4.31 Å². The van der Waals surface area contributed by atoms with E-state index in [1.54, 1.807) is 6.07 Å². The fourth-order valence-electron chi connectivity index (χ4n) is 2.60. The molecule has 0 aromatic heterocycles. The maximum Gasteiger partial charge on any atom is 0.244 e. The average Bonchev–Trinajstić information content (AvgIpc) is 2.56. The van der Waals surface area contributed by atoms with E-state index in [2.05, 4.69) is 21.2 Å². The number of hydrogen-bond acceptors (Lipinski definition) is 3. The number of rotatable bonds is 7. The van der Waals surface area contributed by atoms with Crippen molar-refractivity contribution in [3.63, 3.8) is 0 Å². The van der Waals surface area contributed by atoms with Crippen LogP contribution in [0.4, 0.5) is 0 Å². The fourth-order valence-corrected chi connectivity index (χ4v) is 5.06. The molecule has 0 saturated carbocycles. The van der Waals surface area contributed by atoms with Crippen molar-refractivity contribution in [3.05, 3.63) is 63.6 Å². The van der Waals surface area contributed by atoms with Crippen LogP contribution in [-0.2, 0) is 23.1 Å². The largest absolute Gasteiger partial charge is 0.316 e. The molecular weight excluding hydrogens is 388 g/mol. The normalized spacial score (nSPS) is 11.9. The Balaban J connectivity index is 2.44. The highest BCUT2D eigenvalue weighted by molar-refractivity contribution is 9.10. The minimum Gasteiger partial charge on any atom is -0.316 e. The molecular formula is C18H23BrN2O2S. The predicted octanol–water partition coefficient (Wildman–Crippen LogP) is 3.69. The number of benzene rings is 2. The fraction of sp³-hybridized carbons (Fsp3) is 0.333. The Labute approximate surface area is 153 Å². The maximum absolute atomic E-state index is 13.2. The van der Waals surface area contributed by atoms with Crippen molar-refractivity contribution in [1.29, 1.82) is 0 Å². The first-order chi connectivity index (χ1) is 11.4. The molecule has 0 bridgehead atoms. The van der Waals surface area contributed by atoms with Gasteiger partial charge < -0.3 is 5.32 Å². The van der Waals surface area contributed by atoms with E-state index in [0.717, 1.165) is 16.7 Å². The van der Waals surface area contributed by atoms with E-state index in [9.17, 15) is 8.42 Å². The van der Waals surface area contributed by atoms with Gasteiger partial charge in [-0.3, -0.25) is 0 Å². The molecule has 24 heavy (non-hydrogen) atoms. The average molecular weight is 411 g/mol. The van der Waals surface area contributed by atoms with Crippen LogP contribution in [0.15, 0.2) is 51.8 Å². The lowest BCUT2D eigenvalue weighted by Crippen LogP contribution is -2.31. The molecule has 0 unspecified atom stereocenters. The second-order valence-electron chi connectivity index (χ2n) is 5.67. The molecule has 0 spiro atoms. The number of nitrogens with zero attached hydrogens (tertiary/aromatic N) is 1. The van der Waals surface area contributed by atoms with E-state index in [4.69, 9.17) is 0 Å². The molecule has 0 aliphatic heterocycles. The Kier molecular flexibility index (Phi) is 6.57. The van der Waals surface area contributed by atoms with Crippen LogP contribution < -0.4 is 5.32 Å². The minimum absolute atomic E-state index is 0.325. The van der Waals surface area contributed by atoms with Crippen LogP contribution in [0.5, 0.6) is 0 Å². The lowest BCUT2D eigenvalue weighted by atomic mass is 10.1. The molecule has 1 N–H and O–H groups in total. The number of hydrogen-bond donors (Lipinski definition) is 1. The SMILES string of the molecule is CCN(Cc1ccccc1)S(=O)(=O)c1cc(CNC)cc(C)c1Br. The molecule has 4 nitrogen and oxygen atoms in total. The molecule has 2 rings (SSSR count). The molecule has 0 aliphatic rings. The van der Waals surface area contributed by atoms with Crippen LogP contribution in [0.25, 0.3) is 0 Å². The minimum atomic E-state index is -3.58. The molecule has 0 saturated heterocycles. The Morgan fingerprint density at radius 3 is 2.38 bits per heavy atom. The molecule has 0 heterocycles. The second kappa shape index (κ2) is 8.25. The first kappa shape index (κ1) is 19.1. The summed E-state index contributed by atoms with van der Waals surface area (Å²) in [6.07, 6.45) is 0. The Bertz CT molecular complexity index is 792. The van der Waals surface area contributed by atoms with Crippen molar-refractivity contribution >= 4 is 26.0 Å². The van der Waals surface area contributed by atoms with Crippen LogP contribution in [0, 0.1) is 6.92 Å². The zero-order valence-electron chi connectivity index (χ0n) is 14.2. The van der Waals surface area contributed by atoms with Gasteiger partial charge in [0, 0.05) is 24.1 Å². The van der Waals surface area contributed by atoms with Crippen LogP contribution in [0.2, 0.25) is 0 Å². The van der Waals surface area contributed by atoms with E-state index in [1.165, 1.54) is 4.31 Å². The second-order valence-corrected chi connectivity index (χ2v) is 8.37. The zero-order valence-corrected chi connectivity index (χ0v) is 16.6. The number of sulfonamides is 1. The van der Waals surface area contributed by atoms with Crippen molar-refractivity contribution in [3.8, 4) is 0 Å². The van der Waals surface area contributed by atoms with E-state index in [1.807, 2.05) is 57.3 Å². The lowest BCUT2D eigenvalue weighted by molar-refractivity contribution is 0.423. The van der Waals surface area contributed by atoms with Gasteiger partial charge in [0.1, 0.15) is 0 Å². The highest BCUT2D eigenvalue weighted by atomic mass is 79.9. The van der Waals surface area contributed by atoms with Crippen LogP contribution >= 0.6 is 15.9 Å². The molecule has 2 aromatic carbocycles. The highest BCUT2D eigenvalue weighted by Crippen LogP contribution is 2.30. The Morgan fingerprint density at radius 1 is 1.12 bits per heavy atom. The van der Waals surface area contributed by atoms with Crippen molar-refractivity contribution in [1.82, 2.24) is 9.62 Å². The summed E-state index contributed by atoms with van der Waals surface area (Å²) in [5.74, 6) is 0. The summed E-state index contributed by atoms with van der Waals surface area (Å²) >= 11 is 3.46. The summed E-state index contributed by atoms with van der Waals surface area (Å²) in [4.78, 5) is 0.325. The van der Waals surface area contributed by atoms with Gasteiger partial charge in [0.05, 0.1) is 4.90 Å². The maximum atomic E-state index is 13.2. The van der Waals surface area contributed by atoms with Crippen molar-refractivity contribution in [2.24, 2.45) is 0 Å². The first-order valence-corrected chi connectivity index (χ1v) is 10.1. The van der Waals surface area contributed by atoms with Gasteiger partial charge >= 0.3 is 0 Å². The number of aryl methyl sites for hydroxylation is 1. The molecule has 2 aromatic rings. The summed E-state index contributed by atoms with van der Waals surface area (Å²) in [5.41, 5.74) is 2.84. The van der Waals surface area contributed by atoms with Gasteiger partial charge in [0.25, 0.3) is 0 Å². The quantitative estimate of drug-likeness (QED) is 0.756. The predicted molar refractivity (Wildman–Crippen MR) is 101 cm³/mol. The highest BCUT2D eigenvalue weighted by Gasteiger charge is 2.26. The topological polar surface area (TPSA) is 49.4 Å². The van der Waals surface area contributed by atoms with Crippen LogP contribution in [-0.4, -0.2) is 26.3 Å². The van der Waals surface area contributed by atoms with Crippen molar-refractivity contribution in [2.75, 3.05) is 13.6 Å². The Morgan fingerprint density at radius 2 is 1.79 bits per heavy atom. The third-order valence-electron chi connectivity index (χ3n) is 3.83. The van der Waals surface area contributed by atoms with Gasteiger partial charge in [-0.1, -0.05) is 43.3 Å². The van der Waals surface area contributed by atoms with E-state index < -0.39 is 10.0 Å². The third kappa shape index (κ3) is 4.25. The summed E-state index contributed by atoms with van der Waals surface area (Å²) in [5, 5.41) is 3.07. The number of nitrogens with one attached hydrogen (secondary N) is 1. The van der Waals surface area contributed by atoms with Gasteiger partial charge in [0.2, 0.25) is 10.0 Å². The molecule has 130 valence electrons. The van der Waals surface area contributed by atoms with Gasteiger partial charge in [-0.25, -0.2) is 8.42 Å².